The molecule has 1 heterocycles. The number of aromatic carboxylic acids is 1. The van der Waals surface area contributed by atoms with Crippen LogP contribution in [0.2, 0.25) is 0 Å². The molecule has 0 spiro atoms. The molecule has 0 aliphatic carbocycles. The summed E-state index contributed by atoms with van der Waals surface area (Å²) in [4.78, 5) is 10.8. The van der Waals surface area contributed by atoms with Gasteiger partial charge < -0.3 is 14.7 Å². The number of hydrogen-bond donors (Lipinski definition) is 2. The van der Waals surface area contributed by atoms with Gasteiger partial charge in [0.05, 0.1) is 11.8 Å². The Kier molecular flexibility index (Phi) is 2.32. The van der Waals surface area contributed by atoms with Crippen LogP contribution in [0.15, 0.2) is 28.9 Å². The summed E-state index contributed by atoms with van der Waals surface area (Å²) in [6.45, 7) is 0. The first kappa shape index (κ1) is 10.2. The van der Waals surface area contributed by atoms with E-state index in [4.69, 9.17) is 10.2 Å². The van der Waals surface area contributed by atoms with Crippen molar-refractivity contribution in [3.8, 4) is 17.1 Å². The van der Waals surface area contributed by atoms with Crippen molar-refractivity contribution in [2.75, 3.05) is 0 Å². The fourth-order valence-electron chi connectivity index (χ4n) is 1.27. The van der Waals surface area contributed by atoms with Crippen molar-refractivity contribution in [2.24, 2.45) is 0 Å². The maximum Gasteiger partial charge on any atom is 0.341 e. The van der Waals surface area contributed by atoms with Crippen molar-refractivity contribution in [2.45, 2.75) is 0 Å². The Morgan fingerprint density at radius 1 is 1.44 bits per heavy atom. The van der Waals surface area contributed by atoms with E-state index in [-0.39, 0.29) is 22.6 Å². The van der Waals surface area contributed by atoms with Crippen LogP contribution in [0, 0.1) is 5.82 Å². The lowest BCUT2D eigenvalue weighted by molar-refractivity contribution is 0.0697. The molecule has 16 heavy (non-hydrogen) atoms. The molecule has 82 valence electrons. The first-order valence-corrected chi connectivity index (χ1v) is 4.26. The molecule has 0 aliphatic heterocycles. The number of phenolic OH excluding ortho intramolecular Hbond substituents is 1. The zero-order valence-corrected chi connectivity index (χ0v) is 7.85. The van der Waals surface area contributed by atoms with E-state index in [9.17, 15) is 9.18 Å². The summed E-state index contributed by atoms with van der Waals surface area (Å²) < 4.78 is 18.1. The van der Waals surface area contributed by atoms with Crippen molar-refractivity contribution in [1.29, 1.82) is 0 Å². The molecule has 0 saturated heterocycles. The molecular formula is C10H6FNO4. The predicted molar refractivity (Wildman–Crippen MR) is 50.5 cm³/mol. The van der Waals surface area contributed by atoms with E-state index < -0.39 is 11.8 Å². The smallest absolute Gasteiger partial charge is 0.341 e. The highest BCUT2D eigenvalue weighted by atomic mass is 19.1. The first-order chi connectivity index (χ1) is 7.59. The van der Waals surface area contributed by atoms with Gasteiger partial charge in [0.25, 0.3) is 0 Å². The standard InChI is InChI=1S/C10H6FNO4/c11-8-3-5(13)1-2-6(8)9-7(10(14)15)4-12-16-9/h1-4,13H,(H,14,15). The molecule has 1 aromatic carbocycles. The Morgan fingerprint density at radius 3 is 2.81 bits per heavy atom. The van der Waals surface area contributed by atoms with Crippen LogP contribution >= 0.6 is 0 Å². The molecule has 5 nitrogen and oxygen atoms in total. The maximum atomic E-state index is 13.4. The van der Waals surface area contributed by atoms with E-state index >= 15 is 0 Å². The number of rotatable bonds is 2. The summed E-state index contributed by atoms with van der Waals surface area (Å²) in [6.07, 6.45) is 0.990. The number of carbonyl (C=O) groups is 1. The van der Waals surface area contributed by atoms with Gasteiger partial charge in [-0.3, -0.25) is 0 Å². The quantitative estimate of drug-likeness (QED) is 0.812. The minimum Gasteiger partial charge on any atom is -0.508 e. The molecule has 1 aromatic heterocycles. The lowest BCUT2D eigenvalue weighted by Crippen LogP contribution is -1.96. The molecule has 0 aliphatic rings. The Bertz CT molecular complexity index is 550. The molecule has 2 aromatic rings. The number of carboxylic acid groups (broad SMARTS) is 1. The van der Waals surface area contributed by atoms with Gasteiger partial charge in [0, 0.05) is 6.07 Å². The number of halogens is 1. The number of phenols is 1. The van der Waals surface area contributed by atoms with Crippen molar-refractivity contribution < 1.29 is 23.9 Å². The summed E-state index contributed by atoms with van der Waals surface area (Å²) in [7, 11) is 0. The average Bonchev–Trinajstić information content (AvgIpc) is 2.66. The summed E-state index contributed by atoms with van der Waals surface area (Å²) in [5.41, 5.74) is -0.294. The highest BCUT2D eigenvalue weighted by Gasteiger charge is 2.19. The van der Waals surface area contributed by atoms with Gasteiger partial charge in [-0.05, 0) is 12.1 Å². The number of nitrogens with zero attached hydrogens (tertiary/aromatic N) is 1. The van der Waals surface area contributed by atoms with E-state index in [1.807, 2.05) is 0 Å². The third-order valence-corrected chi connectivity index (χ3v) is 2.00. The molecule has 0 saturated carbocycles. The second-order valence-electron chi connectivity index (χ2n) is 3.04. The number of aromatic hydroxyl groups is 1. The van der Waals surface area contributed by atoms with Crippen LogP contribution in [-0.2, 0) is 0 Å². The van der Waals surface area contributed by atoms with Crippen LogP contribution in [0.4, 0.5) is 4.39 Å². The Balaban J connectivity index is 2.59. The van der Waals surface area contributed by atoms with E-state index in [1.54, 1.807) is 0 Å². The molecule has 0 amide bonds. The van der Waals surface area contributed by atoms with E-state index in [1.165, 1.54) is 12.1 Å². The molecule has 2 N–H and O–H groups in total. The van der Waals surface area contributed by atoms with Crippen LogP contribution in [0.25, 0.3) is 11.3 Å². The highest BCUT2D eigenvalue weighted by molar-refractivity contribution is 5.93. The molecular weight excluding hydrogens is 217 g/mol. The zero-order chi connectivity index (χ0) is 11.7. The van der Waals surface area contributed by atoms with Crippen LogP contribution in [-0.4, -0.2) is 21.3 Å². The predicted octanol–water partition coefficient (Wildman–Crippen LogP) is 1.88. The Hall–Kier alpha value is -2.37. The van der Waals surface area contributed by atoms with Crippen molar-refractivity contribution in [1.82, 2.24) is 5.16 Å². The van der Waals surface area contributed by atoms with E-state index in [2.05, 4.69) is 9.68 Å². The molecule has 0 radical (unpaired) electrons. The summed E-state index contributed by atoms with van der Waals surface area (Å²) in [6, 6.07) is 3.31. The number of hydrogen-bond acceptors (Lipinski definition) is 4. The van der Waals surface area contributed by atoms with Crippen molar-refractivity contribution in [3.05, 3.63) is 35.8 Å². The third-order valence-electron chi connectivity index (χ3n) is 2.00. The maximum absolute atomic E-state index is 13.4. The normalized spacial score (nSPS) is 10.3. The largest absolute Gasteiger partial charge is 0.508 e. The van der Waals surface area contributed by atoms with Gasteiger partial charge in [-0.25, -0.2) is 9.18 Å². The zero-order valence-electron chi connectivity index (χ0n) is 7.85. The average molecular weight is 223 g/mol. The van der Waals surface area contributed by atoms with Crippen LogP contribution in [0.5, 0.6) is 5.75 Å². The molecule has 2 rings (SSSR count). The molecule has 6 heteroatoms. The summed E-state index contributed by atoms with van der Waals surface area (Å²) in [5.74, 6) is -2.47. The van der Waals surface area contributed by atoms with Crippen LogP contribution in [0.1, 0.15) is 10.4 Å². The monoisotopic (exact) mass is 223 g/mol. The molecule has 0 fully saturated rings. The number of benzene rings is 1. The second kappa shape index (κ2) is 3.65. The van der Waals surface area contributed by atoms with E-state index in [0.29, 0.717) is 0 Å². The lowest BCUT2D eigenvalue weighted by atomic mass is 10.1. The van der Waals surface area contributed by atoms with Crippen molar-refractivity contribution >= 4 is 5.97 Å². The van der Waals surface area contributed by atoms with Gasteiger partial charge in [0.2, 0.25) is 0 Å². The van der Waals surface area contributed by atoms with Gasteiger partial charge in [-0.2, -0.15) is 0 Å². The minimum absolute atomic E-state index is 0.0623. The fraction of sp³-hybridized carbons (Fsp3) is 0. The summed E-state index contributed by atoms with van der Waals surface area (Å²) >= 11 is 0. The minimum atomic E-state index is -1.26. The topological polar surface area (TPSA) is 83.6 Å². The second-order valence-corrected chi connectivity index (χ2v) is 3.04. The first-order valence-electron chi connectivity index (χ1n) is 4.26. The number of aromatic nitrogens is 1. The molecule has 0 unspecified atom stereocenters. The van der Waals surface area contributed by atoms with Crippen molar-refractivity contribution in [3.63, 3.8) is 0 Å². The lowest BCUT2D eigenvalue weighted by Gasteiger charge is -2.00. The van der Waals surface area contributed by atoms with Crippen LogP contribution < -0.4 is 0 Å². The Morgan fingerprint density at radius 2 is 2.19 bits per heavy atom. The van der Waals surface area contributed by atoms with Gasteiger partial charge in [-0.1, -0.05) is 5.16 Å². The van der Waals surface area contributed by atoms with Gasteiger partial charge in [-0.15, -0.1) is 0 Å². The highest BCUT2D eigenvalue weighted by Crippen LogP contribution is 2.28. The number of carboxylic acids is 1. The molecule has 0 atom stereocenters. The SMILES string of the molecule is O=C(O)c1cnoc1-c1ccc(O)cc1F. The van der Waals surface area contributed by atoms with E-state index in [0.717, 1.165) is 12.3 Å². The Labute approximate surface area is 88.7 Å². The molecule has 0 bridgehead atoms. The van der Waals surface area contributed by atoms with Gasteiger partial charge in [0.1, 0.15) is 17.1 Å². The van der Waals surface area contributed by atoms with Crippen LogP contribution in [0.3, 0.4) is 0 Å². The summed E-state index contributed by atoms with van der Waals surface area (Å²) in [5, 5.41) is 21.1. The van der Waals surface area contributed by atoms with Gasteiger partial charge in [0.15, 0.2) is 5.76 Å². The fourth-order valence-corrected chi connectivity index (χ4v) is 1.27. The van der Waals surface area contributed by atoms with Gasteiger partial charge >= 0.3 is 5.97 Å². The third kappa shape index (κ3) is 1.60.